The van der Waals surface area contributed by atoms with Crippen LogP contribution in [0.15, 0.2) is 48.0 Å². The lowest BCUT2D eigenvalue weighted by atomic mass is 10.1. The third kappa shape index (κ3) is 3.91. The Morgan fingerprint density at radius 3 is 2.67 bits per heavy atom. The van der Waals surface area contributed by atoms with Crippen LogP contribution < -0.4 is 5.32 Å². The molecule has 0 amide bonds. The van der Waals surface area contributed by atoms with E-state index in [1.807, 2.05) is 6.07 Å². The zero-order valence-corrected chi connectivity index (χ0v) is 12.8. The Bertz CT molecular complexity index is 665. The van der Waals surface area contributed by atoms with E-state index in [1.54, 1.807) is 29.7 Å². The summed E-state index contributed by atoms with van der Waals surface area (Å²) in [7, 11) is 0. The molecule has 0 saturated carbocycles. The predicted octanol–water partition coefficient (Wildman–Crippen LogP) is 3.99. The van der Waals surface area contributed by atoms with E-state index in [9.17, 15) is 4.39 Å². The van der Waals surface area contributed by atoms with Crippen LogP contribution in [0.4, 0.5) is 4.39 Å². The van der Waals surface area contributed by atoms with Gasteiger partial charge >= 0.3 is 0 Å². The van der Waals surface area contributed by atoms with Crippen molar-refractivity contribution in [1.29, 1.82) is 0 Å². The van der Waals surface area contributed by atoms with Crippen LogP contribution in [0.25, 0.3) is 11.3 Å². The molecule has 0 radical (unpaired) electrons. The molecule has 2 aromatic heterocycles. The highest BCUT2D eigenvalue weighted by molar-refractivity contribution is 7.09. The summed E-state index contributed by atoms with van der Waals surface area (Å²) >= 11 is 1.73. The number of hydrogen-bond donors (Lipinski definition) is 2. The Balaban J connectivity index is 0.00000161. The molecule has 6 heteroatoms. The van der Waals surface area contributed by atoms with Gasteiger partial charge in [0.05, 0.1) is 11.9 Å². The average Bonchev–Trinajstić information content (AvgIpc) is 3.11. The van der Waals surface area contributed by atoms with Crippen LogP contribution in [0.1, 0.15) is 10.4 Å². The quantitative estimate of drug-likeness (QED) is 0.745. The lowest BCUT2D eigenvalue weighted by Gasteiger charge is -2.05. The van der Waals surface area contributed by atoms with Crippen molar-refractivity contribution in [3.8, 4) is 11.3 Å². The monoisotopic (exact) mass is 323 g/mol. The highest BCUT2D eigenvalue weighted by Gasteiger charge is 2.07. The van der Waals surface area contributed by atoms with E-state index in [4.69, 9.17) is 0 Å². The van der Waals surface area contributed by atoms with E-state index in [0.717, 1.165) is 29.9 Å². The molecule has 0 bridgehead atoms. The molecule has 3 aromatic rings. The number of nitrogens with one attached hydrogen (secondary N) is 2. The molecule has 3 nitrogen and oxygen atoms in total. The molecule has 0 spiro atoms. The van der Waals surface area contributed by atoms with Gasteiger partial charge in [-0.05, 0) is 35.7 Å². The van der Waals surface area contributed by atoms with Crippen molar-refractivity contribution in [2.24, 2.45) is 0 Å². The van der Waals surface area contributed by atoms with Gasteiger partial charge in [0.2, 0.25) is 0 Å². The highest BCUT2D eigenvalue weighted by atomic mass is 35.5. The van der Waals surface area contributed by atoms with Gasteiger partial charge in [0.25, 0.3) is 0 Å². The van der Waals surface area contributed by atoms with E-state index in [-0.39, 0.29) is 18.2 Å². The number of rotatable bonds is 5. The third-order valence-electron chi connectivity index (χ3n) is 3.05. The van der Waals surface area contributed by atoms with E-state index in [1.165, 1.54) is 17.0 Å². The molecule has 0 aliphatic heterocycles. The summed E-state index contributed by atoms with van der Waals surface area (Å²) in [4.78, 5) is 1.30. The first-order valence-electron chi connectivity index (χ1n) is 6.34. The molecule has 0 fully saturated rings. The number of halogens is 2. The molecule has 2 heterocycles. The number of thiophene rings is 1. The summed E-state index contributed by atoms with van der Waals surface area (Å²) in [6.07, 6.45) is 1.81. The predicted molar refractivity (Wildman–Crippen MR) is 86.1 cm³/mol. The van der Waals surface area contributed by atoms with E-state index >= 15 is 0 Å². The summed E-state index contributed by atoms with van der Waals surface area (Å²) in [5.41, 5.74) is 2.95. The van der Waals surface area contributed by atoms with E-state index < -0.39 is 0 Å². The van der Waals surface area contributed by atoms with Gasteiger partial charge in [-0.1, -0.05) is 6.07 Å². The molecule has 0 atom stereocenters. The smallest absolute Gasteiger partial charge is 0.123 e. The molecule has 0 unspecified atom stereocenters. The second kappa shape index (κ2) is 7.36. The standard InChI is InChI=1S/C15H14FN3S.ClH/c16-13-5-3-11(4-6-13)15-12(9-18-19-15)8-17-10-14-2-1-7-20-14;/h1-7,9,17H,8,10H2,(H,18,19);1H. The number of nitrogens with zero attached hydrogens (tertiary/aromatic N) is 1. The van der Waals surface area contributed by atoms with Crippen LogP contribution in [-0.4, -0.2) is 10.2 Å². The summed E-state index contributed by atoms with van der Waals surface area (Å²) in [6, 6.07) is 10.6. The average molecular weight is 324 g/mol. The molecule has 110 valence electrons. The van der Waals surface area contributed by atoms with Crippen LogP contribution in [0.3, 0.4) is 0 Å². The zero-order chi connectivity index (χ0) is 13.8. The number of aromatic amines is 1. The lowest BCUT2D eigenvalue weighted by Crippen LogP contribution is -2.11. The lowest BCUT2D eigenvalue weighted by molar-refractivity contribution is 0.628. The van der Waals surface area contributed by atoms with Gasteiger partial charge in [0, 0.05) is 29.1 Å². The third-order valence-corrected chi connectivity index (χ3v) is 3.92. The Labute approximate surface area is 132 Å². The minimum atomic E-state index is -0.231. The van der Waals surface area contributed by atoms with Gasteiger partial charge < -0.3 is 5.32 Å². The molecule has 3 rings (SSSR count). The molecule has 1 aromatic carbocycles. The Hall–Kier alpha value is -1.69. The summed E-state index contributed by atoms with van der Waals surface area (Å²) in [6.45, 7) is 1.56. The topological polar surface area (TPSA) is 40.7 Å². The molecular formula is C15H15ClFN3S. The Morgan fingerprint density at radius 2 is 1.95 bits per heavy atom. The van der Waals surface area contributed by atoms with Gasteiger partial charge in [-0.3, -0.25) is 5.10 Å². The van der Waals surface area contributed by atoms with Crippen LogP contribution in [-0.2, 0) is 13.1 Å². The fraction of sp³-hybridized carbons (Fsp3) is 0.133. The van der Waals surface area contributed by atoms with Gasteiger partial charge in [-0.15, -0.1) is 23.7 Å². The van der Waals surface area contributed by atoms with Crippen molar-refractivity contribution < 1.29 is 4.39 Å². The molecule has 21 heavy (non-hydrogen) atoms. The molecule has 0 aliphatic carbocycles. The maximum Gasteiger partial charge on any atom is 0.123 e. The molecular weight excluding hydrogens is 309 g/mol. The fourth-order valence-electron chi connectivity index (χ4n) is 2.05. The van der Waals surface area contributed by atoms with Gasteiger partial charge in [0.1, 0.15) is 5.82 Å². The minimum absolute atomic E-state index is 0. The SMILES string of the molecule is Cl.Fc1ccc(-c2[nH]ncc2CNCc2cccs2)cc1. The zero-order valence-electron chi connectivity index (χ0n) is 11.2. The van der Waals surface area contributed by atoms with Gasteiger partial charge in [-0.2, -0.15) is 5.10 Å². The summed E-state index contributed by atoms with van der Waals surface area (Å²) in [5.74, 6) is -0.231. The van der Waals surface area contributed by atoms with Gasteiger partial charge in [-0.25, -0.2) is 4.39 Å². The maximum absolute atomic E-state index is 13.0. The van der Waals surface area contributed by atoms with Crippen molar-refractivity contribution in [3.63, 3.8) is 0 Å². The Kier molecular flexibility index (Phi) is 5.50. The van der Waals surface area contributed by atoms with Gasteiger partial charge in [0.15, 0.2) is 0 Å². The number of H-pyrrole nitrogens is 1. The van der Waals surface area contributed by atoms with Crippen molar-refractivity contribution in [2.75, 3.05) is 0 Å². The normalized spacial score (nSPS) is 10.3. The molecule has 0 aliphatic rings. The first-order chi connectivity index (χ1) is 9.83. The Morgan fingerprint density at radius 1 is 1.14 bits per heavy atom. The second-order valence-corrected chi connectivity index (χ2v) is 5.49. The second-order valence-electron chi connectivity index (χ2n) is 4.46. The first-order valence-corrected chi connectivity index (χ1v) is 7.22. The van der Waals surface area contributed by atoms with E-state index in [2.05, 4.69) is 27.0 Å². The van der Waals surface area contributed by atoms with Crippen molar-refractivity contribution in [2.45, 2.75) is 13.1 Å². The highest BCUT2D eigenvalue weighted by Crippen LogP contribution is 2.21. The number of aromatic nitrogens is 2. The fourth-order valence-corrected chi connectivity index (χ4v) is 2.72. The molecule has 2 N–H and O–H groups in total. The van der Waals surface area contributed by atoms with Crippen LogP contribution in [0.5, 0.6) is 0 Å². The first kappa shape index (κ1) is 15.7. The number of hydrogen-bond acceptors (Lipinski definition) is 3. The largest absolute Gasteiger partial charge is 0.308 e. The van der Waals surface area contributed by atoms with Crippen LogP contribution in [0.2, 0.25) is 0 Å². The van der Waals surface area contributed by atoms with Crippen molar-refractivity contribution in [1.82, 2.24) is 15.5 Å². The number of benzene rings is 1. The van der Waals surface area contributed by atoms with Crippen LogP contribution >= 0.6 is 23.7 Å². The van der Waals surface area contributed by atoms with E-state index in [0.29, 0.717) is 0 Å². The summed E-state index contributed by atoms with van der Waals surface area (Å²) in [5, 5.41) is 12.5. The minimum Gasteiger partial charge on any atom is -0.308 e. The maximum atomic E-state index is 13.0. The van der Waals surface area contributed by atoms with Crippen molar-refractivity contribution >= 4 is 23.7 Å². The molecule has 0 saturated heterocycles. The summed E-state index contributed by atoms with van der Waals surface area (Å²) < 4.78 is 13.0. The van der Waals surface area contributed by atoms with Crippen LogP contribution in [0, 0.1) is 5.82 Å². The van der Waals surface area contributed by atoms with Crippen molar-refractivity contribution in [3.05, 3.63) is 64.2 Å².